The van der Waals surface area contributed by atoms with E-state index in [4.69, 9.17) is 10.5 Å². The molecule has 1 aliphatic rings. The molecule has 0 bridgehead atoms. The number of nitrogens with zero attached hydrogens (tertiary/aromatic N) is 4. The van der Waals surface area contributed by atoms with Crippen molar-refractivity contribution in [2.45, 2.75) is 71.8 Å². The highest BCUT2D eigenvalue weighted by Gasteiger charge is 2.25. The Morgan fingerprint density at radius 2 is 1.97 bits per heavy atom. The predicted octanol–water partition coefficient (Wildman–Crippen LogP) is 3.53. The van der Waals surface area contributed by atoms with Crippen LogP contribution in [0.15, 0.2) is 0 Å². The second kappa shape index (κ2) is 12.6. The van der Waals surface area contributed by atoms with E-state index in [1.54, 1.807) is 11.9 Å². The van der Waals surface area contributed by atoms with E-state index in [1.165, 1.54) is 25.7 Å². The van der Waals surface area contributed by atoms with Crippen LogP contribution in [0.5, 0.6) is 6.01 Å². The zero-order chi connectivity index (χ0) is 21.9. The minimum absolute atomic E-state index is 0.222. The number of nitrogen functional groups attached to an aromatic ring is 1. The van der Waals surface area contributed by atoms with Crippen LogP contribution in [0.4, 0.5) is 17.3 Å². The summed E-state index contributed by atoms with van der Waals surface area (Å²) in [6.45, 7) is 10.1. The van der Waals surface area contributed by atoms with Gasteiger partial charge in [-0.15, -0.1) is 0 Å². The lowest BCUT2D eigenvalue weighted by Gasteiger charge is -2.37. The van der Waals surface area contributed by atoms with Gasteiger partial charge in [-0.25, -0.2) is 0 Å². The van der Waals surface area contributed by atoms with Crippen LogP contribution in [-0.4, -0.2) is 60.6 Å². The largest absolute Gasteiger partial charge is 0.463 e. The maximum atomic E-state index is 11.9. The van der Waals surface area contributed by atoms with E-state index in [-0.39, 0.29) is 6.01 Å². The van der Waals surface area contributed by atoms with Crippen molar-refractivity contribution >= 4 is 23.7 Å². The Balaban J connectivity index is 2.01. The SMILES string of the molecule is CCCCOc1nc(N)c(NC)c(N(C=O)CCC2CCN(C(CC)CC)CC2)n1. The van der Waals surface area contributed by atoms with Crippen LogP contribution in [0.2, 0.25) is 0 Å². The zero-order valence-corrected chi connectivity index (χ0v) is 19.2. The van der Waals surface area contributed by atoms with Crippen molar-refractivity contribution in [3.63, 3.8) is 0 Å². The molecule has 0 atom stereocenters. The summed E-state index contributed by atoms with van der Waals surface area (Å²) in [6.07, 6.45) is 8.51. The van der Waals surface area contributed by atoms with Crippen molar-refractivity contribution in [2.24, 2.45) is 5.92 Å². The number of anilines is 3. The number of rotatable bonds is 13. The molecule has 1 aromatic heterocycles. The molecule has 3 N–H and O–H groups in total. The Morgan fingerprint density at radius 1 is 1.27 bits per heavy atom. The highest BCUT2D eigenvalue weighted by Crippen LogP contribution is 2.31. The lowest BCUT2D eigenvalue weighted by Crippen LogP contribution is -2.41. The molecule has 1 aliphatic heterocycles. The molecule has 2 heterocycles. The third-order valence-corrected chi connectivity index (χ3v) is 6.16. The molecule has 1 amide bonds. The van der Waals surface area contributed by atoms with Crippen molar-refractivity contribution in [3.8, 4) is 6.01 Å². The van der Waals surface area contributed by atoms with E-state index in [0.717, 1.165) is 38.8 Å². The Kier molecular flexibility index (Phi) is 10.1. The van der Waals surface area contributed by atoms with Gasteiger partial charge in [-0.3, -0.25) is 9.69 Å². The topological polar surface area (TPSA) is 96.6 Å². The number of ether oxygens (including phenoxy) is 1. The van der Waals surface area contributed by atoms with Crippen molar-refractivity contribution < 1.29 is 9.53 Å². The molecular formula is C22H40N6O2. The number of carbonyl (C=O) groups excluding carboxylic acids is 1. The summed E-state index contributed by atoms with van der Waals surface area (Å²) in [6, 6.07) is 0.922. The van der Waals surface area contributed by atoms with Gasteiger partial charge in [0.1, 0.15) is 5.69 Å². The molecule has 0 spiro atoms. The zero-order valence-electron chi connectivity index (χ0n) is 19.2. The first-order chi connectivity index (χ1) is 14.6. The number of hydrogen-bond acceptors (Lipinski definition) is 7. The minimum Gasteiger partial charge on any atom is -0.463 e. The van der Waals surface area contributed by atoms with E-state index in [1.807, 2.05) is 0 Å². The lowest BCUT2D eigenvalue weighted by molar-refractivity contribution is -0.107. The fraction of sp³-hybridized carbons (Fsp3) is 0.773. The lowest BCUT2D eigenvalue weighted by atomic mass is 9.92. The normalized spacial score (nSPS) is 15.4. The quantitative estimate of drug-likeness (QED) is 0.372. The van der Waals surface area contributed by atoms with E-state index < -0.39 is 0 Å². The maximum Gasteiger partial charge on any atom is 0.320 e. The molecule has 2 rings (SSSR count). The third-order valence-electron chi connectivity index (χ3n) is 6.16. The van der Waals surface area contributed by atoms with E-state index in [2.05, 4.69) is 41.0 Å². The van der Waals surface area contributed by atoms with Crippen LogP contribution in [-0.2, 0) is 4.79 Å². The van der Waals surface area contributed by atoms with Crippen LogP contribution >= 0.6 is 0 Å². The molecule has 0 aromatic carbocycles. The monoisotopic (exact) mass is 420 g/mol. The summed E-state index contributed by atoms with van der Waals surface area (Å²) in [5.74, 6) is 1.40. The van der Waals surface area contributed by atoms with Crippen LogP contribution in [0, 0.1) is 5.92 Å². The van der Waals surface area contributed by atoms with Gasteiger partial charge < -0.3 is 20.7 Å². The van der Waals surface area contributed by atoms with Crippen molar-refractivity contribution in [1.29, 1.82) is 0 Å². The van der Waals surface area contributed by atoms with E-state index in [9.17, 15) is 4.79 Å². The van der Waals surface area contributed by atoms with E-state index in [0.29, 0.717) is 42.4 Å². The summed E-state index contributed by atoms with van der Waals surface area (Å²) >= 11 is 0. The molecule has 8 heteroatoms. The van der Waals surface area contributed by atoms with Gasteiger partial charge in [0.15, 0.2) is 11.6 Å². The van der Waals surface area contributed by atoms with Gasteiger partial charge in [-0.2, -0.15) is 9.97 Å². The summed E-state index contributed by atoms with van der Waals surface area (Å²) in [7, 11) is 1.76. The van der Waals surface area contributed by atoms with Crippen molar-refractivity contribution in [2.75, 3.05) is 49.2 Å². The second-order valence-electron chi connectivity index (χ2n) is 8.08. The third kappa shape index (κ3) is 6.45. The number of carbonyl (C=O) groups is 1. The standard InChI is InChI=1S/C22H40N6O2/c1-5-8-15-30-22-25-20(23)19(24-4)21(26-22)28(16-29)14-11-17-9-12-27(13-10-17)18(6-2)7-3/h16-18,24H,5-15H2,1-4H3,(H2,23,25,26). The molecule has 1 aromatic rings. The first-order valence-corrected chi connectivity index (χ1v) is 11.5. The summed E-state index contributed by atoms with van der Waals surface area (Å²) in [4.78, 5) is 24.8. The molecule has 30 heavy (non-hydrogen) atoms. The fourth-order valence-electron chi connectivity index (χ4n) is 4.21. The highest BCUT2D eigenvalue weighted by molar-refractivity contribution is 5.85. The average molecular weight is 421 g/mol. The van der Waals surface area contributed by atoms with Gasteiger partial charge in [0, 0.05) is 19.6 Å². The number of nitrogens with one attached hydrogen (secondary N) is 1. The molecule has 1 saturated heterocycles. The molecule has 0 unspecified atom stereocenters. The number of hydrogen-bond donors (Lipinski definition) is 2. The van der Waals surface area contributed by atoms with E-state index >= 15 is 0 Å². The predicted molar refractivity (Wildman–Crippen MR) is 123 cm³/mol. The van der Waals surface area contributed by atoms with Gasteiger partial charge in [0.2, 0.25) is 6.41 Å². The molecule has 8 nitrogen and oxygen atoms in total. The van der Waals surface area contributed by atoms with Gasteiger partial charge in [0.05, 0.1) is 6.61 Å². The van der Waals surface area contributed by atoms with Gasteiger partial charge in [0.25, 0.3) is 0 Å². The van der Waals surface area contributed by atoms with Crippen LogP contribution in [0.25, 0.3) is 0 Å². The molecule has 0 saturated carbocycles. The molecule has 0 aliphatic carbocycles. The summed E-state index contributed by atoms with van der Waals surface area (Å²) in [5.41, 5.74) is 6.66. The molecule has 170 valence electrons. The second-order valence-corrected chi connectivity index (χ2v) is 8.08. The number of nitrogens with two attached hydrogens (primary N) is 1. The Hall–Kier alpha value is -2.09. The van der Waals surface area contributed by atoms with Crippen molar-refractivity contribution in [1.82, 2.24) is 14.9 Å². The Labute approximate surface area is 181 Å². The molecular weight excluding hydrogens is 380 g/mol. The maximum absolute atomic E-state index is 11.9. The van der Waals surface area contributed by atoms with Crippen LogP contribution < -0.4 is 20.7 Å². The molecule has 0 radical (unpaired) electrons. The minimum atomic E-state index is 0.222. The average Bonchev–Trinajstić information content (AvgIpc) is 2.76. The summed E-state index contributed by atoms with van der Waals surface area (Å²) in [5, 5.41) is 3.03. The van der Waals surface area contributed by atoms with Gasteiger partial charge in [-0.05, 0) is 57.5 Å². The van der Waals surface area contributed by atoms with Gasteiger partial charge >= 0.3 is 6.01 Å². The van der Waals surface area contributed by atoms with Gasteiger partial charge in [-0.1, -0.05) is 27.2 Å². The number of aromatic nitrogens is 2. The number of unbranched alkanes of at least 4 members (excludes halogenated alkanes) is 1. The first-order valence-electron chi connectivity index (χ1n) is 11.5. The van der Waals surface area contributed by atoms with Crippen LogP contribution in [0.3, 0.4) is 0 Å². The molecule has 1 fully saturated rings. The Morgan fingerprint density at radius 3 is 2.53 bits per heavy atom. The number of amides is 1. The fourth-order valence-corrected chi connectivity index (χ4v) is 4.21. The van der Waals surface area contributed by atoms with Crippen molar-refractivity contribution in [3.05, 3.63) is 0 Å². The first kappa shape index (κ1) is 24.2. The number of likely N-dealkylation sites (tertiary alicyclic amines) is 1. The number of piperidine rings is 1. The highest BCUT2D eigenvalue weighted by atomic mass is 16.5. The Bertz CT molecular complexity index is 645. The summed E-state index contributed by atoms with van der Waals surface area (Å²) < 4.78 is 5.63. The smallest absolute Gasteiger partial charge is 0.320 e. The van der Waals surface area contributed by atoms with Crippen LogP contribution in [0.1, 0.15) is 65.7 Å².